The van der Waals surface area contributed by atoms with Gasteiger partial charge in [0.05, 0.1) is 0 Å². The van der Waals surface area contributed by atoms with Crippen molar-refractivity contribution in [3.8, 4) is 0 Å². The summed E-state index contributed by atoms with van der Waals surface area (Å²) in [7, 11) is 1.79. The smallest absolute Gasteiger partial charge is 0.302 e. The fourth-order valence-electron chi connectivity index (χ4n) is 2.22. The standard InChI is InChI=1S/C13H14N2OS/c1-14-6-7-15(13(14)16)9-11-8-10-4-2-3-5-12(10)17-11/h2-7,11H,8-9H2,1H3. The van der Waals surface area contributed by atoms with Gasteiger partial charge in [0.25, 0.3) is 0 Å². The average molecular weight is 246 g/mol. The highest BCUT2D eigenvalue weighted by Crippen LogP contribution is 2.37. The Balaban J connectivity index is 1.78. The number of thioether (sulfide) groups is 1. The summed E-state index contributed by atoms with van der Waals surface area (Å²) in [6, 6.07) is 8.49. The molecule has 1 aromatic heterocycles. The number of hydrogen-bond acceptors (Lipinski definition) is 2. The first kappa shape index (κ1) is 10.7. The van der Waals surface area contributed by atoms with Gasteiger partial charge in [-0.2, -0.15) is 0 Å². The Morgan fingerprint density at radius 3 is 2.88 bits per heavy atom. The van der Waals surface area contributed by atoms with Crippen molar-refractivity contribution in [1.29, 1.82) is 0 Å². The zero-order valence-electron chi connectivity index (χ0n) is 9.67. The SMILES string of the molecule is Cn1ccn(CC2Cc3ccccc3S2)c1=O. The van der Waals surface area contributed by atoms with Gasteiger partial charge in [0.2, 0.25) is 0 Å². The normalized spacial score (nSPS) is 18.3. The van der Waals surface area contributed by atoms with Crippen LogP contribution in [0.3, 0.4) is 0 Å². The summed E-state index contributed by atoms with van der Waals surface area (Å²) in [4.78, 5) is 13.1. The van der Waals surface area contributed by atoms with Crippen molar-refractivity contribution in [3.63, 3.8) is 0 Å². The third kappa shape index (κ3) is 1.93. The van der Waals surface area contributed by atoms with Crippen LogP contribution in [-0.4, -0.2) is 14.4 Å². The van der Waals surface area contributed by atoms with E-state index >= 15 is 0 Å². The molecule has 0 saturated heterocycles. The van der Waals surface area contributed by atoms with Crippen molar-refractivity contribution in [2.24, 2.45) is 7.05 Å². The summed E-state index contributed by atoms with van der Waals surface area (Å²) in [5.74, 6) is 0. The first-order valence-electron chi connectivity index (χ1n) is 5.70. The summed E-state index contributed by atoms with van der Waals surface area (Å²) in [5, 5.41) is 0.479. The predicted octanol–water partition coefficient (Wildman–Crippen LogP) is 1.90. The van der Waals surface area contributed by atoms with E-state index in [1.165, 1.54) is 10.5 Å². The molecule has 0 N–H and O–H groups in total. The van der Waals surface area contributed by atoms with Crippen LogP contribution in [0.5, 0.6) is 0 Å². The van der Waals surface area contributed by atoms with Crippen LogP contribution in [0.1, 0.15) is 5.56 Å². The van der Waals surface area contributed by atoms with E-state index in [1.807, 2.05) is 24.2 Å². The molecule has 0 radical (unpaired) electrons. The number of hydrogen-bond donors (Lipinski definition) is 0. The zero-order valence-corrected chi connectivity index (χ0v) is 10.5. The number of benzene rings is 1. The fraction of sp³-hybridized carbons (Fsp3) is 0.308. The highest BCUT2D eigenvalue weighted by Gasteiger charge is 2.22. The molecule has 1 aromatic carbocycles. The van der Waals surface area contributed by atoms with Crippen molar-refractivity contribution in [2.45, 2.75) is 23.1 Å². The zero-order chi connectivity index (χ0) is 11.8. The lowest BCUT2D eigenvalue weighted by atomic mass is 10.1. The minimum atomic E-state index is 0.0709. The first-order chi connectivity index (χ1) is 8.24. The Hall–Kier alpha value is -1.42. The molecule has 0 bridgehead atoms. The van der Waals surface area contributed by atoms with E-state index in [1.54, 1.807) is 16.2 Å². The maximum absolute atomic E-state index is 11.7. The summed E-state index contributed by atoms with van der Waals surface area (Å²) < 4.78 is 3.41. The molecular formula is C13H14N2OS. The first-order valence-corrected chi connectivity index (χ1v) is 6.58. The van der Waals surface area contributed by atoms with Crippen LogP contribution in [0, 0.1) is 0 Å². The molecule has 1 unspecified atom stereocenters. The molecule has 1 aliphatic rings. The van der Waals surface area contributed by atoms with Crippen LogP contribution in [0.2, 0.25) is 0 Å². The van der Waals surface area contributed by atoms with Gasteiger partial charge in [0.1, 0.15) is 0 Å². The molecule has 1 aliphatic heterocycles. The molecule has 0 saturated carbocycles. The van der Waals surface area contributed by atoms with Crippen LogP contribution in [0.4, 0.5) is 0 Å². The largest absolute Gasteiger partial charge is 0.327 e. The van der Waals surface area contributed by atoms with Gasteiger partial charge in [-0.1, -0.05) is 18.2 Å². The van der Waals surface area contributed by atoms with Crippen molar-refractivity contribution < 1.29 is 0 Å². The summed E-state index contributed by atoms with van der Waals surface area (Å²) >= 11 is 1.88. The lowest BCUT2D eigenvalue weighted by Crippen LogP contribution is -2.25. The molecule has 3 rings (SSSR count). The van der Waals surface area contributed by atoms with Crippen LogP contribution in [0.15, 0.2) is 46.3 Å². The molecule has 1 atom stereocenters. The fourth-order valence-corrected chi connectivity index (χ4v) is 3.54. The Morgan fingerprint density at radius 1 is 1.35 bits per heavy atom. The number of aryl methyl sites for hydroxylation is 1. The number of nitrogens with zero attached hydrogens (tertiary/aromatic N) is 2. The highest BCUT2D eigenvalue weighted by molar-refractivity contribution is 8.00. The minimum absolute atomic E-state index is 0.0709. The quantitative estimate of drug-likeness (QED) is 0.809. The third-order valence-corrected chi connectivity index (χ3v) is 4.43. The molecule has 88 valence electrons. The van der Waals surface area contributed by atoms with E-state index in [-0.39, 0.29) is 5.69 Å². The van der Waals surface area contributed by atoms with Crippen molar-refractivity contribution in [2.75, 3.05) is 0 Å². The van der Waals surface area contributed by atoms with Gasteiger partial charge in [0.15, 0.2) is 0 Å². The maximum Gasteiger partial charge on any atom is 0.327 e. The van der Waals surface area contributed by atoms with Crippen LogP contribution < -0.4 is 5.69 Å². The Bertz CT molecular complexity index is 574. The maximum atomic E-state index is 11.7. The summed E-state index contributed by atoms with van der Waals surface area (Å²) in [6.45, 7) is 0.791. The molecule has 3 nitrogen and oxygen atoms in total. The van der Waals surface area contributed by atoms with E-state index in [4.69, 9.17) is 0 Å². The average Bonchev–Trinajstić information content (AvgIpc) is 2.87. The Morgan fingerprint density at radius 2 is 2.18 bits per heavy atom. The summed E-state index contributed by atoms with van der Waals surface area (Å²) in [6.07, 6.45) is 4.74. The summed E-state index contributed by atoms with van der Waals surface area (Å²) in [5.41, 5.74) is 1.48. The molecule has 0 spiro atoms. The second-order valence-electron chi connectivity index (χ2n) is 4.40. The van der Waals surface area contributed by atoms with E-state index in [0.29, 0.717) is 5.25 Å². The van der Waals surface area contributed by atoms with Gasteiger partial charge in [-0.15, -0.1) is 11.8 Å². The number of fused-ring (bicyclic) bond motifs is 1. The van der Waals surface area contributed by atoms with E-state index in [2.05, 4.69) is 24.3 Å². The van der Waals surface area contributed by atoms with Gasteiger partial charge in [0, 0.05) is 36.1 Å². The molecule has 17 heavy (non-hydrogen) atoms. The highest BCUT2D eigenvalue weighted by atomic mass is 32.2. The van der Waals surface area contributed by atoms with Crippen molar-refractivity contribution in [3.05, 3.63) is 52.7 Å². The minimum Gasteiger partial charge on any atom is -0.302 e. The van der Waals surface area contributed by atoms with Crippen molar-refractivity contribution in [1.82, 2.24) is 9.13 Å². The van der Waals surface area contributed by atoms with Crippen LogP contribution in [-0.2, 0) is 20.0 Å². The van der Waals surface area contributed by atoms with Crippen molar-refractivity contribution >= 4 is 11.8 Å². The van der Waals surface area contributed by atoms with Gasteiger partial charge in [-0.05, 0) is 18.1 Å². The lowest BCUT2D eigenvalue weighted by Gasteiger charge is -2.07. The molecule has 0 amide bonds. The molecular weight excluding hydrogens is 232 g/mol. The second kappa shape index (κ2) is 4.11. The van der Waals surface area contributed by atoms with Gasteiger partial charge >= 0.3 is 5.69 Å². The van der Waals surface area contributed by atoms with Gasteiger partial charge in [-0.3, -0.25) is 4.57 Å². The van der Waals surface area contributed by atoms with Gasteiger partial charge in [-0.25, -0.2) is 4.79 Å². The second-order valence-corrected chi connectivity index (χ2v) is 5.74. The lowest BCUT2D eigenvalue weighted by molar-refractivity contribution is 0.627. The number of imidazole rings is 1. The molecule has 4 heteroatoms. The van der Waals surface area contributed by atoms with Crippen LogP contribution in [0.25, 0.3) is 0 Å². The van der Waals surface area contributed by atoms with Crippen LogP contribution >= 0.6 is 11.8 Å². The Kier molecular flexibility index (Phi) is 2.59. The molecule has 2 heterocycles. The predicted molar refractivity (Wildman–Crippen MR) is 69.5 cm³/mol. The van der Waals surface area contributed by atoms with E-state index in [9.17, 15) is 4.79 Å². The monoisotopic (exact) mass is 246 g/mol. The Labute approximate surface area is 104 Å². The van der Waals surface area contributed by atoms with E-state index < -0.39 is 0 Å². The van der Waals surface area contributed by atoms with E-state index in [0.717, 1.165) is 13.0 Å². The van der Waals surface area contributed by atoms with Gasteiger partial charge < -0.3 is 4.57 Å². The molecule has 0 fully saturated rings. The number of aromatic nitrogens is 2. The topological polar surface area (TPSA) is 26.9 Å². The number of rotatable bonds is 2. The molecule has 0 aliphatic carbocycles. The third-order valence-electron chi connectivity index (χ3n) is 3.13. The molecule has 2 aromatic rings.